The lowest BCUT2D eigenvalue weighted by Gasteiger charge is -2.22. The standard InChI is InChI=1S/C20H24N4O2.CH2O2/c1-4-26-18-6-5-13(9-14(18)11-24(2)3)19-15(10-21)20(22)23-17-7-8-25-12-16(17)19;2-1-3/h5-6,9H,4,7-8,11-12H2,1-3H3,(H2,22,23);1H,(H,2,3). The zero-order valence-corrected chi connectivity index (χ0v) is 16.9. The van der Waals surface area contributed by atoms with Gasteiger partial charge in [0.25, 0.3) is 6.47 Å². The first-order valence-electron chi connectivity index (χ1n) is 9.24. The average Bonchev–Trinajstić information content (AvgIpc) is 2.68. The summed E-state index contributed by atoms with van der Waals surface area (Å²) < 4.78 is 11.4. The molecule has 0 saturated heterocycles. The number of nitriles is 1. The Kier molecular flexibility index (Phi) is 7.95. The van der Waals surface area contributed by atoms with E-state index in [9.17, 15) is 5.26 Å². The van der Waals surface area contributed by atoms with Gasteiger partial charge in [-0.05, 0) is 38.7 Å². The molecule has 29 heavy (non-hydrogen) atoms. The highest BCUT2D eigenvalue weighted by molar-refractivity contribution is 5.80. The number of nitrogens with zero attached hydrogens (tertiary/aromatic N) is 3. The Morgan fingerprint density at radius 3 is 2.79 bits per heavy atom. The second-order valence-corrected chi connectivity index (χ2v) is 6.69. The molecule has 8 heteroatoms. The number of benzene rings is 1. The minimum atomic E-state index is -0.250. The maximum absolute atomic E-state index is 9.67. The number of carbonyl (C=O) groups is 1. The van der Waals surface area contributed by atoms with E-state index in [2.05, 4.69) is 22.0 Å². The molecule has 2 aromatic rings. The summed E-state index contributed by atoms with van der Waals surface area (Å²) in [5.74, 6) is 1.14. The molecule has 0 atom stereocenters. The Hall–Kier alpha value is -3.15. The fraction of sp³-hybridized carbons (Fsp3) is 0.381. The number of rotatable bonds is 5. The highest BCUT2D eigenvalue weighted by atomic mass is 16.5. The quantitative estimate of drug-likeness (QED) is 0.737. The van der Waals surface area contributed by atoms with Crippen molar-refractivity contribution in [1.82, 2.24) is 9.88 Å². The molecular weight excluding hydrogens is 372 g/mol. The number of aromatic nitrogens is 1. The Morgan fingerprint density at radius 1 is 1.45 bits per heavy atom. The Labute approximate surface area is 170 Å². The lowest BCUT2D eigenvalue weighted by molar-refractivity contribution is -0.122. The summed E-state index contributed by atoms with van der Waals surface area (Å²) in [6, 6.07) is 8.25. The first-order valence-corrected chi connectivity index (χ1v) is 9.24. The van der Waals surface area contributed by atoms with Crippen molar-refractivity contribution in [2.45, 2.75) is 26.5 Å². The van der Waals surface area contributed by atoms with Crippen molar-refractivity contribution in [3.05, 3.63) is 40.6 Å². The molecule has 0 fully saturated rings. The molecule has 0 saturated carbocycles. The zero-order valence-electron chi connectivity index (χ0n) is 16.9. The molecule has 0 bridgehead atoms. The van der Waals surface area contributed by atoms with Crippen molar-refractivity contribution in [3.63, 3.8) is 0 Å². The number of pyridine rings is 1. The number of carboxylic acid groups (broad SMARTS) is 1. The fourth-order valence-corrected chi connectivity index (χ4v) is 3.32. The van der Waals surface area contributed by atoms with E-state index < -0.39 is 0 Å². The normalized spacial score (nSPS) is 12.4. The first-order chi connectivity index (χ1) is 14.0. The number of nitrogen functional groups attached to an aromatic ring is 1. The SMILES string of the molecule is CCOc1ccc(-c2c(C#N)c(N)nc3c2COCC3)cc1CN(C)C.O=CO. The van der Waals surface area contributed by atoms with E-state index in [1.807, 2.05) is 33.2 Å². The summed E-state index contributed by atoms with van der Waals surface area (Å²) in [4.78, 5) is 14.9. The van der Waals surface area contributed by atoms with Gasteiger partial charge in [-0.3, -0.25) is 4.79 Å². The van der Waals surface area contributed by atoms with Crippen LogP contribution in [-0.2, 0) is 29.1 Å². The van der Waals surface area contributed by atoms with Gasteiger partial charge in [-0.15, -0.1) is 0 Å². The minimum absolute atomic E-state index is 0.250. The summed E-state index contributed by atoms with van der Waals surface area (Å²) in [5.41, 5.74) is 11.2. The van der Waals surface area contributed by atoms with Crippen LogP contribution < -0.4 is 10.5 Å². The van der Waals surface area contributed by atoms with Crippen molar-refractivity contribution in [2.75, 3.05) is 33.0 Å². The molecule has 154 valence electrons. The van der Waals surface area contributed by atoms with Gasteiger partial charge in [0.1, 0.15) is 23.2 Å². The van der Waals surface area contributed by atoms with E-state index >= 15 is 0 Å². The smallest absolute Gasteiger partial charge is 0.290 e. The zero-order chi connectivity index (χ0) is 21.4. The molecule has 3 N–H and O–H groups in total. The Morgan fingerprint density at radius 2 is 2.17 bits per heavy atom. The van der Waals surface area contributed by atoms with E-state index in [1.165, 1.54) is 0 Å². The van der Waals surface area contributed by atoms with Gasteiger partial charge in [0.05, 0.1) is 25.5 Å². The molecule has 1 aliphatic rings. The average molecular weight is 398 g/mol. The van der Waals surface area contributed by atoms with Gasteiger partial charge in [-0.2, -0.15) is 5.26 Å². The predicted molar refractivity (Wildman–Crippen MR) is 109 cm³/mol. The summed E-state index contributed by atoms with van der Waals surface area (Å²) in [5, 5.41) is 16.6. The summed E-state index contributed by atoms with van der Waals surface area (Å²) >= 11 is 0. The van der Waals surface area contributed by atoms with Gasteiger partial charge in [0.15, 0.2) is 0 Å². The van der Waals surface area contributed by atoms with Crippen molar-refractivity contribution in [2.24, 2.45) is 0 Å². The third-order valence-electron chi connectivity index (χ3n) is 4.39. The van der Waals surface area contributed by atoms with Crippen LogP contribution in [-0.4, -0.2) is 48.8 Å². The largest absolute Gasteiger partial charge is 0.494 e. The molecule has 8 nitrogen and oxygen atoms in total. The molecule has 1 aliphatic heterocycles. The Balaban J connectivity index is 0.000000941. The topological polar surface area (TPSA) is 122 Å². The van der Waals surface area contributed by atoms with E-state index in [0.717, 1.165) is 40.2 Å². The second-order valence-electron chi connectivity index (χ2n) is 6.69. The van der Waals surface area contributed by atoms with E-state index in [4.69, 9.17) is 25.1 Å². The lowest BCUT2D eigenvalue weighted by Crippen LogP contribution is -2.16. The monoisotopic (exact) mass is 398 g/mol. The molecule has 1 aromatic carbocycles. The first kappa shape index (κ1) is 22.1. The van der Waals surface area contributed by atoms with E-state index in [1.54, 1.807) is 0 Å². The molecule has 2 heterocycles. The number of anilines is 1. The highest BCUT2D eigenvalue weighted by Gasteiger charge is 2.23. The molecular formula is C21H26N4O4. The number of hydrogen-bond acceptors (Lipinski definition) is 7. The number of fused-ring (bicyclic) bond motifs is 1. The molecule has 0 aliphatic carbocycles. The highest BCUT2D eigenvalue weighted by Crippen LogP contribution is 2.36. The second kappa shape index (κ2) is 10.4. The van der Waals surface area contributed by atoms with Gasteiger partial charge >= 0.3 is 0 Å². The molecule has 0 spiro atoms. The summed E-state index contributed by atoms with van der Waals surface area (Å²) in [6.07, 6.45) is 0.708. The Bertz CT molecular complexity index is 907. The van der Waals surface area contributed by atoms with Gasteiger partial charge in [-0.25, -0.2) is 4.98 Å². The van der Waals surface area contributed by atoms with Crippen LogP contribution in [0.1, 0.15) is 29.3 Å². The fourth-order valence-electron chi connectivity index (χ4n) is 3.32. The van der Waals surface area contributed by atoms with Crippen LogP contribution in [0, 0.1) is 11.3 Å². The molecule has 1 aromatic heterocycles. The molecule has 3 rings (SSSR count). The van der Waals surface area contributed by atoms with Crippen LogP contribution >= 0.6 is 0 Å². The van der Waals surface area contributed by atoms with E-state index in [-0.39, 0.29) is 12.3 Å². The number of ether oxygens (including phenoxy) is 2. The summed E-state index contributed by atoms with van der Waals surface area (Å²) in [7, 11) is 4.03. The van der Waals surface area contributed by atoms with Crippen LogP contribution in [0.4, 0.5) is 5.82 Å². The number of hydrogen-bond donors (Lipinski definition) is 2. The van der Waals surface area contributed by atoms with Crippen molar-refractivity contribution < 1.29 is 19.4 Å². The van der Waals surface area contributed by atoms with Crippen LogP contribution in [0.3, 0.4) is 0 Å². The van der Waals surface area contributed by atoms with Crippen LogP contribution in [0.5, 0.6) is 5.75 Å². The lowest BCUT2D eigenvalue weighted by atomic mass is 9.91. The maximum atomic E-state index is 9.67. The van der Waals surface area contributed by atoms with Gasteiger partial charge < -0.3 is 25.2 Å². The molecule has 0 unspecified atom stereocenters. The van der Waals surface area contributed by atoms with Crippen LogP contribution in [0.25, 0.3) is 11.1 Å². The molecule has 0 amide bonds. The maximum Gasteiger partial charge on any atom is 0.290 e. The summed E-state index contributed by atoms with van der Waals surface area (Å²) in [6.45, 7) is 4.14. The number of nitrogens with two attached hydrogens (primary N) is 1. The van der Waals surface area contributed by atoms with Crippen molar-refractivity contribution in [3.8, 4) is 22.9 Å². The molecule has 0 radical (unpaired) electrons. The minimum Gasteiger partial charge on any atom is -0.494 e. The predicted octanol–water partition coefficient (Wildman–Crippen LogP) is 2.44. The third-order valence-corrected chi connectivity index (χ3v) is 4.39. The van der Waals surface area contributed by atoms with Crippen molar-refractivity contribution in [1.29, 1.82) is 5.26 Å². The van der Waals surface area contributed by atoms with Crippen LogP contribution in [0.2, 0.25) is 0 Å². The third kappa shape index (κ3) is 5.22. The van der Waals surface area contributed by atoms with Crippen LogP contribution in [0.15, 0.2) is 18.2 Å². The van der Waals surface area contributed by atoms with Gasteiger partial charge in [-0.1, -0.05) is 6.07 Å². The van der Waals surface area contributed by atoms with Gasteiger partial charge in [0, 0.05) is 29.7 Å². The van der Waals surface area contributed by atoms with Gasteiger partial charge in [0.2, 0.25) is 0 Å². The van der Waals surface area contributed by atoms with Crippen molar-refractivity contribution >= 4 is 12.3 Å². The van der Waals surface area contributed by atoms with E-state index in [0.29, 0.717) is 31.8 Å².